The molecular weight excluding hydrogens is 425 g/mol. The summed E-state index contributed by atoms with van der Waals surface area (Å²) in [4.78, 5) is 17.0. The number of carbonyl (C=O) groups excluding carboxylic acids is 1. The molecule has 0 spiro atoms. The molecule has 3 aromatic rings. The second-order valence-corrected chi connectivity index (χ2v) is 8.68. The van der Waals surface area contributed by atoms with E-state index in [0.717, 1.165) is 22.0 Å². The van der Waals surface area contributed by atoms with Crippen LogP contribution in [0.2, 0.25) is 0 Å². The van der Waals surface area contributed by atoms with Gasteiger partial charge < -0.3 is 9.64 Å². The number of nitrogens with zero attached hydrogens (tertiary/aromatic N) is 3. The Labute approximate surface area is 189 Å². The minimum absolute atomic E-state index is 0.0432. The van der Waals surface area contributed by atoms with Crippen LogP contribution in [0, 0.1) is 17.1 Å². The standard InChI is InChI=1S/C25H20FN3O2S/c1-31-22-11-6-16-4-2-3-5-19(16)24(22)20-12-23(30)29-14-28(15-32-25(29)21(20)13-27)18-9-7-17(26)8-10-18/h2-11,20H,12,14-15H2,1H3/t20-/m0/s1. The van der Waals surface area contributed by atoms with E-state index in [-0.39, 0.29) is 24.1 Å². The van der Waals surface area contributed by atoms with E-state index >= 15 is 0 Å². The van der Waals surface area contributed by atoms with Crippen molar-refractivity contribution < 1.29 is 13.9 Å². The average molecular weight is 446 g/mol. The van der Waals surface area contributed by atoms with Gasteiger partial charge in [0.1, 0.15) is 11.6 Å². The summed E-state index contributed by atoms with van der Waals surface area (Å²) in [5, 5.41) is 12.9. The van der Waals surface area contributed by atoms with Crippen LogP contribution in [-0.2, 0) is 4.79 Å². The van der Waals surface area contributed by atoms with Crippen molar-refractivity contribution in [3.05, 3.63) is 82.6 Å². The maximum atomic E-state index is 13.3. The molecule has 0 bridgehead atoms. The number of rotatable bonds is 3. The van der Waals surface area contributed by atoms with E-state index < -0.39 is 0 Å². The monoisotopic (exact) mass is 445 g/mol. The van der Waals surface area contributed by atoms with E-state index in [2.05, 4.69) is 6.07 Å². The van der Waals surface area contributed by atoms with Crippen LogP contribution in [-0.4, -0.2) is 30.5 Å². The molecule has 5 rings (SSSR count). The first-order valence-electron chi connectivity index (χ1n) is 10.2. The molecule has 7 heteroatoms. The summed E-state index contributed by atoms with van der Waals surface area (Å²) in [6, 6.07) is 20.5. The lowest BCUT2D eigenvalue weighted by molar-refractivity contribution is -0.129. The largest absolute Gasteiger partial charge is 0.496 e. The molecule has 0 N–H and O–H groups in total. The molecule has 32 heavy (non-hydrogen) atoms. The number of thioether (sulfide) groups is 1. The number of allylic oxidation sites excluding steroid dienone is 1. The average Bonchev–Trinajstić information content (AvgIpc) is 2.83. The second-order valence-electron chi connectivity index (χ2n) is 7.74. The van der Waals surface area contributed by atoms with E-state index in [9.17, 15) is 14.4 Å². The lowest BCUT2D eigenvalue weighted by Gasteiger charge is -2.42. The van der Waals surface area contributed by atoms with Crippen molar-refractivity contribution in [2.75, 3.05) is 24.6 Å². The molecule has 0 aliphatic carbocycles. The Hall–Kier alpha value is -3.50. The Morgan fingerprint density at radius 3 is 2.66 bits per heavy atom. The molecule has 2 heterocycles. The number of halogens is 1. The van der Waals surface area contributed by atoms with Crippen molar-refractivity contribution in [1.29, 1.82) is 5.26 Å². The Bertz CT molecular complexity index is 1280. The molecule has 0 aromatic heterocycles. The number of hydrogen-bond donors (Lipinski definition) is 0. The van der Waals surface area contributed by atoms with Gasteiger partial charge in [-0.25, -0.2) is 4.39 Å². The van der Waals surface area contributed by atoms with Gasteiger partial charge in [0.25, 0.3) is 0 Å². The molecule has 0 unspecified atom stereocenters. The third-order valence-electron chi connectivity index (χ3n) is 5.98. The third-order valence-corrected chi connectivity index (χ3v) is 7.14. The van der Waals surface area contributed by atoms with Crippen molar-refractivity contribution in [2.45, 2.75) is 12.3 Å². The van der Waals surface area contributed by atoms with Gasteiger partial charge in [0.15, 0.2) is 0 Å². The molecule has 2 aliphatic heterocycles. The highest BCUT2D eigenvalue weighted by Crippen LogP contribution is 2.47. The molecule has 3 aromatic carbocycles. The zero-order chi connectivity index (χ0) is 22.2. The Morgan fingerprint density at radius 1 is 1.12 bits per heavy atom. The highest BCUT2D eigenvalue weighted by atomic mass is 32.2. The van der Waals surface area contributed by atoms with Gasteiger partial charge in [-0.05, 0) is 41.1 Å². The van der Waals surface area contributed by atoms with Crippen molar-refractivity contribution >= 4 is 34.1 Å². The van der Waals surface area contributed by atoms with Gasteiger partial charge in [0.05, 0.1) is 36.3 Å². The Balaban J connectivity index is 1.57. The van der Waals surface area contributed by atoms with E-state index in [1.165, 1.54) is 23.9 Å². The van der Waals surface area contributed by atoms with Gasteiger partial charge in [0.2, 0.25) is 5.91 Å². The second kappa shape index (κ2) is 8.21. The molecule has 160 valence electrons. The summed E-state index contributed by atoms with van der Waals surface area (Å²) in [6.45, 7) is 0.331. The number of hydrogen-bond acceptors (Lipinski definition) is 5. The molecule has 2 aliphatic rings. The number of methoxy groups -OCH3 is 1. The van der Waals surface area contributed by atoms with Gasteiger partial charge >= 0.3 is 0 Å². The minimum atomic E-state index is -0.371. The summed E-state index contributed by atoms with van der Waals surface area (Å²) in [5.74, 6) is 0.529. The van der Waals surface area contributed by atoms with Gasteiger partial charge in [-0.15, -0.1) is 0 Å². The maximum Gasteiger partial charge on any atom is 0.229 e. The van der Waals surface area contributed by atoms with Crippen LogP contribution < -0.4 is 9.64 Å². The minimum Gasteiger partial charge on any atom is -0.496 e. The number of amides is 1. The molecular formula is C25H20FN3O2S. The zero-order valence-electron chi connectivity index (χ0n) is 17.4. The van der Waals surface area contributed by atoms with Crippen molar-refractivity contribution in [2.24, 2.45) is 0 Å². The fraction of sp³-hybridized carbons (Fsp3) is 0.200. The number of nitriles is 1. The van der Waals surface area contributed by atoms with Crippen LogP contribution in [0.5, 0.6) is 5.75 Å². The van der Waals surface area contributed by atoms with Gasteiger partial charge in [-0.2, -0.15) is 5.26 Å². The maximum absolute atomic E-state index is 13.3. The highest BCUT2D eigenvalue weighted by molar-refractivity contribution is 8.03. The van der Waals surface area contributed by atoms with Crippen LogP contribution in [0.15, 0.2) is 71.3 Å². The molecule has 1 saturated heterocycles. The normalized spacial score (nSPS) is 18.5. The fourth-order valence-corrected chi connectivity index (χ4v) is 5.60. The Kier molecular flexibility index (Phi) is 5.24. The quantitative estimate of drug-likeness (QED) is 0.554. The summed E-state index contributed by atoms with van der Waals surface area (Å²) >= 11 is 1.46. The van der Waals surface area contributed by atoms with E-state index in [0.29, 0.717) is 28.9 Å². The summed E-state index contributed by atoms with van der Waals surface area (Å²) in [5.41, 5.74) is 2.30. The van der Waals surface area contributed by atoms with Crippen LogP contribution in [0.1, 0.15) is 17.9 Å². The summed E-state index contributed by atoms with van der Waals surface area (Å²) < 4.78 is 19.0. The van der Waals surface area contributed by atoms with Gasteiger partial charge in [-0.1, -0.05) is 42.1 Å². The topological polar surface area (TPSA) is 56.6 Å². The van der Waals surface area contributed by atoms with Crippen LogP contribution in [0.25, 0.3) is 10.8 Å². The molecule has 0 radical (unpaired) electrons. The molecule has 1 fully saturated rings. The van der Waals surface area contributed by atoms with E-state index in [4.69, 9.17) is 4.74 Å². The smallest absolute Gasteiger partial charge is 0.229 e. The number of anilines is 1. The first-order chi connectivity index (χ1) is 15.6. The third kappa shape index (κ3) is 3.37. The van der Waals surface area contributed by atoms with Crippen molar-refractivity contribution in [3.63, 3.8) is 0 Å². The molecule has 5 nitrogen and oxygen atoms in total. The van der Waals surface area contributed by atoms with Gasteiger partial charge in [-0.3, -0.25) is 9.69 Å². The number of ether oxygens (including phenoxy) is 1. The SMILES string of the molecule is COc1ccc2ccccc2c1[C@H]1CC(=O)N2CN(c3ccc(F)cc3)CSC2=C1C#N. The summed E-state index contributed by atoms with van der Waals surface area (Å²) in [7, 11) is 1.61. The first kappa shape index (κ1) is 20.4. The van der Waals surface area contributed by atoms with Crippen LogP contribution in [0.3, 0.4) is 0 Å². The number of carbonyl (C=O) groups is 1. The van der Waals surface area contributed by atoms with Crippen LogP contribution in [0.4, 0.5) is 10.1 Å². The fourth-order valence-electron chi connectivity index (χ4n) is 4.44. The van der Waals surface area contributed by atoms with Crippen LogP contribution >= 0.6 is 11.8 Å². The highest BCUT2D eigenvalue weighted by Gasteiger charge is 2.39. The summed E-state index contributed by atoms with van der Waals surface area (Å²) in [6.07, 6.45) is 0.189. The van der Waals surface area contributed by atoms with Gasteiger partial charge in [0, 0.05) is 23.6 Å². The molecule has 1 amide bonds. The number of benzene rings is 3. The Morgan fingerprint density at radius 2 is 1.91 bits per heavy atom. The number of fused-ring (bicyclic) bond motifs is 2. The van der Waals surface area contributed by atoms with Crippen molar-refractivity contribution in [1.82, 2.24) is 4.90 Å². The lowest BCUT2D eigenvalue weighted by Crippen LogP contribution is -2.47. The van der Waals surface area contributed by atoms with E-state index in [1.54, 1.807) is 24.1 Å². The van der Waals surface area contributed by atoms with E-state index in [1.807, 2.05) is 41.3 Å². The molecule has 0 saturated carbocycles. The lowest BCUT2D eigenvalue weighted by atomic mass is 9.83. The zero-order valence-corrected chi connectivity index (χ0v) is 18.2. The predicted octanol–water partition coefficient (Wildman–Crippen LogP) is 5.21. The predicted molar refractivity (Wildman–Crippen MR) is 124 cm³/mol. The van der Waals surface area contributed by atoms with Crippen molar-refractivity contribution in [3.8, 4) is 11.8 Å². The first-order valence-corrected chi connectivity index (χ1v) is 11.2. The molecule has 1 atom stereocenters.